The van der Waals surface area contributed by atoms with Crippen LogP contribution in [0.4, 0.5) is 0 Å². The first kappa shape index (κ1) is 21.4. The van der Waals surface area contributed by atoms with E-state index in [9.17, 15) is 9.90 Å². The summed E-state index contributed by atoms with van der Waals surface area (Å²) in [4.78, 5) is 18.1. The molecule has 2 aromatic carbocycles. The average Bonchev–Trinajstić information content (AvgIpc) is 2.70. The summed E-state index contributed by atoms with van der Waals surface area (Å²) in [7, 11) is 3.47. The van der Waals surface area contributed by atoms with Gasteiger partial charge in [-0.05, 0) is 37.1 Å². The first-order valence-corrected chi connectivity index (χ1v) is 9.44. The molecule has 0 saturated carbocycles. The maximum Gasteiger partial charge on any atom is 0.253 e. The lowest BCUT2D eigenvalue weighted by Gasteiger charge is -2.25. The fraction of sp³-hybridized carbons (Fsp3) is 0.364. The van der Waals surface area contributed by atoms with Crippen molar-refractivity contribution in [3.63, 3.8) is 0 Å². The van der Waals surface area contributed by atoms with Crippen LogP contribution in [0.3, 0.4) is 0 Å². The summed E-state index contributed by atoms with van der Waals surface area (Å²) >= 11 is 0. The molecule has 1 unspecified atom stereocenters. The monoisotopic (exact) mass is 382 g/mol. The van der Waals surface area contributed by atoms with E-state index in [1.54, 1.807) is 25.9 Å². The lowest BCUT2D eigenvalue weighted by molar-refractivity contribution is 0.0617. The van der Waals surface area contributed by atoms with Gasteiger partial charge in [-0.1, -0.05) is 42.5 Å². The molecule has 28 heavy (non-hydrogen) atoms. The standard InChI is InChI=1S/C22H30N4O2/c1-5-23-21(25-16-22(2,28)19-9-7-6-8-10-19)24-15-17-11-13-18(14-12-17)20(27)26(3)4/h6-14,28H,5,15-16H2,1-4H3,(H2,23,24,25). The quantitative estimate of drug-likeness (QED) is 0.507. The average molecular weight is 383 g/mol. The van der Waals surface area contributed by atoms with Crippen LogP contribution in [-0.4, -0.2) is 49.1 Å². The summed E-state index contributed by atoms with van der Waals surface area (Å²) in [6, 6.07) is 17.0. The predicted octanol–water partition coefficient (Wildman–Crippen LogP) is 2.35. The Labute approximate surface area is 167 Å². The predicted molar refractivity (Wildman–Crippen MR) is 113 cm³/mol. The molecule has 0 heterocycles. The van der Waals surface area contributed by atoms with Crippen LogP contribution in [0.2, 0.25) is 0 Å². The Morgan fingerprint density at radius 1 is 1.07 bits per heavy atom. The Bertz CT molecular complexity index is 784. The zero-order chi connectivity index (χ0) is 20.6. The van der Waals surface area contributed by atoms with Gasteiger partial charge in [-0.3, -0.25) is 4.79 Å². The number of nitrogens with one attached hydrogen (secondary N) is 2. The van der Waals surface area contributed by atoms with Gasteiger partial charge in [0.05, 0.1) is 13.1 Å². The number of guanidine groups is 1. The zero-order valence-corrected chi connectivity index (χ0v) is 17.1. The van der Waals surface area contributed by atoms with Gasteiger partial charge in [-0.2, -0.15) is 0 Å². The van der Waals surface area contributed by atoms with E-state index >= 15 is 0 Å². The Balaban J connectivity index is 2.01. The highest BCUT2D eigenvalue weighted by atomic mass is 16.3. The van der Waals surface area contributed by atoms with Crippen LogP contribution in [0, 0.1) is 0 Å². The first-order valence-electron chi connectivity index (χ1n) is 9.44. The molecule has 150 valence electrons. The van der Waals surface area contributed by atoms with E-state index in [0.717, 1.165) is 17.7 Å². The smallest absolute Gasteiger partial charge is 0.253 e. The molecule has 0 aliphatic carbocycles. The lowest BCUT2D eigenvalue weighted by atomic mass is 9.96. The molecule has 0 aliphatic rings. The van der Waals surface area contributed by atoms with Crippen LogP contribution < -0.4 is 10.6 Å². The zero-order valence-electron chi connectivity index (χ0n) is 17.1. The maximum absolute atomic E-state index is 12.0. The summed E-state index contributed by atoms with van der Waals surface area (Å²) in [6.07, 6.45) is 0. The van der Waals surface area contributed by atoms with Gasteiger partial charge in [0.25, 0.3) is 5.91 Å². The van der Waals surface area contributed by atoms with E-state index in [4.69, 9.17) is 0 Å². The Kier molecular flexibility index (Phi) is 7.58. The summed E-state index contributed by atoms with van der Waals surface area (Å²) < 4.78 is 0. The lowest BCUT2D eigenvalue weighted by Crippen LogP contribution is -2.44. The topological polar surface area (TPSA) is 77.0 Å². The largest absolute Gasteiger partial charge is 0.384 e. The molecule has 0 aromatic heterocycles. The van der Waals surface area contributed by atoms with Crippen LogP contribution in [0.1, 0.15) is 35.3 Å². The number of benzene rings is 2. The van der Waals surface area contributed by atoms with Crippen molar-refractivity contribution < 1.29 is 9.90 Å². The fourth-order valence-corrected chi connectivity index (χ4v) is 2.68. The maximum atomic E-state index is 12.0. The van der Waals surface area contributed by atoms with Crippen molar-refractivity contribution in [3.05, 3.63) is 71.3 Å². The van der Waals surface area contributed by atoms with E-state index in [-0.39, 0.29) is 5.91 Å². The molecule has 3 N–H and O–H groups in total. The molecular formula is C22H30N4O2. The van der Waals surface area contributed by atoms with Crippen molar-refractivity contribution >= 4 is 11.9 Å². The molecule has 1 amide bonds. The third kappa shape index (κ3) is 6.09. The Morgan fingerprint density at radius 3 is 2.29 bits per heavy atom. The number of rotatable bonds is 7. The minimum atomic E-state index is -1.01. The second-order valence-corrected chi connectivity index (χ2v) is 7.09. The highest BCUT2D eigenvalue weighted by Gasteiger charge is 2.22. The van der Waals surface area contributed by atoms with Gasteiger partial charge >= 0.3 is 0 Å². The van der Waals surface area contributed by atoms with Crippen molar-refractivity contribution in [2.45, 2.75) is 26.0 Å². The third-order valence-electron chi connectivity index (χ3n) is 4.37. The van der Waals surface area contributed by atoms with E-state index in [1.165, 1.54) is 0 Å². The van der Waals surface area contributed by atoms with Crippen molar-refractivity contribution in [1.29, 1.82) is 0 Å². The fourth-order valence-electron chi connectivity index (χ4n) is 2.68. The minimum absolute atomic E-state index is 0.0202. The molecule has 0 fully saturated rings. The Morgan fingerprint density at radius 2 is 1.71 bits per heavy atom. The number of hydrogen-bond acceptors (Lipinski definition) is 3. The number of nitrogens with zero attached hydrogens (tertiary/aromatic N) is 2. The van der Waals surface area contributed by atoms with Crippen molar-refractivity contribution in [2.75, 3.05) is 27.2 Å². The van der Waals surface area contributed by atoms with Gasteiger partial charge in [-0.15, -0.1) is 0 Å². The molecule has 6 heteroatoms. The molecule has 6 nitrogen and oxygen atoms in total. The van der Waals surface area contributed by atoms with E-state index in [1.807, 2.05) is 61.5 Å². The number of amides is 1. The minimum Gasteiger partial charge on any atom is -0.384 e. The van der Waals surface area contributed by atoms with Gasteiger partial charge in [0.1, 0.15) is 5.60 Å². The van der Waals surface area contributed by atoms with Crippen molar-refractivity contribution in [1.82, 2.24) is 15.5 Å². The van der Waals surface area contributed by atoms with Gasteiger partial charge in [-0.25, -0.2) is 4.99 Å². The summed E-state index contributed by atoms with van der Waals surface area (Å²) in [5.74, 6) is 0.611. The number of aliphatic imine (C=N–C) groups is 1. The molecule has 0 saturated heterocycles. The van der Waals surface area contributed by atoms with E-state index in [0.29, 0.717) is 24.6 Å². The number of carbonyl (C=O) groups excluding carboxylic acids is 1. The summed E-state index contributed by atoms with van der Waals surface area (Å²) in [5.41, 5.74) is 1.49. The second-order valence-electron chi connectivity index (χ2n) is 7.09. The van der Waals surface area contributed by atoms with Crippen LogP contribution in [0.5, 0.6) is 0 Å². The second kappa shape index (κ2) is 9.90. The molecule has 0 aliphatic heterocycles. The molecule has 0 radical (unpaired) electrons. The van der Waals surface area contributed by atoms with Gasteiger partial charge in [0, 0.05) is 26.2 Å². The van der Waals surface area contributed by atoms with Crippen LogP contribution in [0.15, 0.2) is 59.6 Å². The SMILES string of the molecule is CCNC(=NCc1ccc(C(=O)N(C)C)cc1)NCC(C)(O)c1ccccc1. The highest BCUT2D eigenvalue weighted by molar-refractivity contribution is 5.93. The van der Waals surface area contributed by atoms with Crippen molar-refractivity contribution in [2.24, 2.45) is 4.99 Å². The number of carbonyl (C=O) groups is 1. The van der Waals surface area contributed by atoms with Gasteiger partial charge in [0.2, 0.25) is 0 Å². The molecule has 2 rings (SSSR count). The molecule has 0 bridgehead atoms. The van der Waals surface area contributed by atoms with Crippen molar-refractivity contribution in [3.8, 4) is 0 Å². The first-order chi connectivity index (χ1) is 13.3. The molecular weight excluding hydrogens is 352 g/mol. The number of aliphatic hydroxyl groups is 1. The van der Waals surface area contributed by atoms with E-state index in [2.05, 4.69) is 15.6 Å². The van der Waals surface area contributed by atoms with E-state index < -0.39 is 5.60 Å². The van der Waals surface area contributed by atoms with Gasteiger partial charge < -0.3 is 20.6 Å². The third-order valence-corrected chi connectivity index (χ3v) is 4.37. The number of hydrogen-bond donors (Lipinski definition) is 3. The summed E-state index contributed by atoms with van der Waals surface area (Å²) in [5, 5.41) is 17.1. The normalized spacial score (nSPS) is 13.5. The van der Waals surface area contributed by atoms with Gasteiger partial charge in [0.15, 0.2) is 5.96 Å². The van der Waals surface area contributed by atoms with Crippen LogP contribution >= 0.6 is 0 Å². The molecule has 1 atom stereocenters. The Hall–Kier alpha value is -2.86. The summed E-state index contributed by atoms with van der Waals surface area (Å²) in [6.45, 7) is 5.29. The highest BCUT2D eigenvalue weighted by Crippen LogP contribution is 2.18. The van der Waals surface area contributed by atoms with Crippen LogP contribution in [-0.2, 0) is 12.1 Å². The molecule has 2 aromatic rings. The van der Waals surface area contributed by atoms with Crippen LogP contribution in [0.25, 0.3) is 0 Å². The molecule has 0 spiro atoms.